The van der Waals surface area contributed by atoms with Crippen LogP contribution in [0.15, 0.2) is 168 Å². The molecule has 0 spiro atoms. The van der Waals surface area contributed by atoms with Crippen LogP contribution in [-0.2, 0) is 0 Å². The van der Waals surface area contributed by atoms with E-state index in [4.69, 9.17) is 19.4 Å². The Morgan fingerprint density at radius 1 is 0.396 bits per heavy atom. The van der Waals surface area contributed by atoms with E-state index >= 15 is 0 Å². The van der Waals surface area contributed by atoms with Gasteiger partial charge in [-0.1, -0.05) is 115 Å². The van der Waals surface area contributed by atoms with E-state index in [9.17, 15) is 0 Å². The van der Waals surface area contributed by atoms with Crippen LogP contribution in [0.25, 0.3) is 111 Å². The summed E-state index contributed by atoms with van der Waals surface area (Å²) in [7, 11) is 0. The molecule has 0 atom stereocenters. The van der Waals surface area contributed by atoms with Gasteiger partial charge >= 0.3 is 0 Å². The van der Waals surface area contributed by atoms with E-state index in [1.54, 1.807) is 0 Å². The van der Waals surface area contributed by atoms with Crippen LogP contribution in [-0.4, -0.2) is 23.9 Å². The highest BCUT2D eigenvalue weighted by Crippen LogP contribution is 2.41. The zero-order valence-electron chi connectivity index (χ0n) is 28.2. The van der Waals surface area contributed by atoms with Crippen molar-refractivity contribution in [1.82, 2.24) is 23.9 Å². The van der Waals surface area contributed by atoms with E-state index < -0.39 is 0 Å². The van der Waals surface area contributed by atoms with Gasteiger partial charge in [0, 0.05) is 38.1 Å². The van der Waals surface area contributed by atoms with Gasteiger partial charge in [-0.2, -0.15) is 9.97 Å². The molecule has 0 radical (unpaired) electrons. The summed E-state index contributed by atoms with van der Waals surface area (Å²) >= 11 is 0. The monoisotopic (exact) mass is 677 g/mol. The largest absolute Gasteiger partial charge is 0.456 e. The molecule has 0 saturated heterocycles. The fourth-order valence-corrected chi connectivity index (χ4v) is 8.34. The molecule has 0 amide bonds. The maximum absolute atomic E-state index is 6.31. The first-order chi connectivity index (χ1) is 26.3. The molecule has 4 heterocycles. The second-order valence-electron chi connectivity index (χ2n) is 13.7. The number of hydrogen-bond donors (Lipinski definition) is 0. The quantitative estimate of drug-likeness (QED) is 0.187. The number of nitrogens with zero attached hydrogens (tertiary/aromatic N) is 5. The summed E-state index contributed by atoms with van der Waals surface area (Å²) in [5, 5.41) is 9.32. The fourth-order valence-electron chi connectivity index (χ4n) is 8.34. The lowest BCUT2D eigenvalue weighted by Crippen LogP contribution is -2.07. The van der Waals surface area contributed by atoms with E-state index in [0.29, 0.717) is 17.6 Å². The Balaban J connectivity index is 1.23. The number of hydrogen-bond acceptors (Lipinski definition) is 4. The minimum absolute atomic E-state index is 0.538. The molecule has 12 rings (SSSR count). The fraction of sp³-hybridized carbons (Fsp3) is 0. The van der Waals surface area contributed by atoms with E-state index in [2.05, 4.69) is 118 Å². The summed E-state index contributed by atoms with van der Waals surface area (Å²) < 4.78 is 11.0. The number of para-hydroxylation sites is 3. The summed E-state index contributed by atoms with van der Waals surface area (Å²) in [5.74, 6) is 1.70. The van der Waals surface area contributed by atoms with Gasteiger partial charge in [0.2, 0.25) is 5.95 Å². The zero-order valence-corrected chi connectivity index (χ0v) is 28.2. The number of aromatic nitrogens is 5. The maximum Gasteiger partial charge on any atom is 0.238 e. The zero-order chi connectivity index (χ0) is 34.6. The predicted octanol–water partition coefficient (Wildman–Crippen LogP) is 11.9. The molecule has 0 unspecified atom stereocenters. The van der Waals surface area contributed by atoms with Crippen LogP contribution in [0, 0.1) is 0 Å². The number of benzene rings is 8. The minimum atomic E-state index is 0.538. The Labute approximate surface area is 301 Å². The molecule has 0 aliphatic heterocycles. The SMILES string of the molecule is c1ccc(-c2nc(-c3ccc4c(c3)oc3ccccc34)nc(-n3c4cccc5ccc6c7cc8ccccc8cc7n(c7ccccc73)c6c54)n2)cc1. The molecular formula is C47H27N5O. The van der Waals surface area contributed by atoms with Gasteiger partial charge in [0.05, 0.1) is 27.6 Å². The normalized spacial score (nSPS) is 12.2. The molecule has 8 aromatic carbocycles. The number of rotatable bonds is 3. The first-order valence-corrected chi connectivity index (χ1v) is 17.8. The van der Waals surface area contributed by atoms with Crippen LogP contribution in [0.5, 0.6) is 0 Å². The third kappa shape index (κ3) is 4.06. The number of fused-ring (bicyclic) bond motifs is 9. The minimum Gasteiger partial charge on any atom is -0.456 e. The first kappa shape index (κ1) is 28.4. The molecule has 53 heavy (non-hydrogen) atoms. The van der Waals surface area contributed by atoms with Crippen LogP contribution in [0.4, 0.5) is 0 Å². The molecule has 4 aromatic heterocycles. The van der Waals surface area contributed by atoms with Crippen molar-refractivity contribution < 1.29 is 4.42 Å². The Kier molecular flexibility index (Phi) is 5.68. The molecule has 0 aliphatic carbocycles. The van der Waals surface area contributed by atoms with Crippen molar-refractivity contribution >= 4 is 81.8 Å². The topological polar surface area (TPSA) is 61.2 Å². The van der Waals surface area contributed by atoms with Gasteiger partial charge < -0.3 is 8.82 Å². The van der Waals surface area contributed by atoms with Crippen LogP contribution in [0.2, 0.25) is 0 Å². The van der Waals surface area contributed by atoms with Crippen molar-refractivity contribution in [3.63, 3.8) is 0 Å². The smallest absolute Gasteiger partial charge is 0.238 e. The average Bonchev–Trinajstić information content (AvgIpc) is 3.71. The van der Waals surface area contributed by atoms with Crippen molar-refractivity contribution in [2.75, 3.05) is 0 Å². The van der Waals surface area contributed by atoms with Crippen LogP contribution >= 0.6 is 0 Å². The molecule has 0 saturated carbocycles. The summed E-state index contributed by atoms with van der Waals surface area (Å²) in [6.45, 7) is 0. The van der Waals surface area contributed by atoms with Crippen molar-refractivity contribution in [3.8, 4) is 28.7 Å². The average molecular weight is 678 g/mol. The third-order valence-corrected chi connectivity index (χ3v) is 10.7. The summed E-state index contributed by atoms with van der Waals surface area (Å²) in [5.41, 5.74) is 8.79. The van der Waals surface area contributed by atoms with Crippen molar-refractivity contribution in [2.45, 2.75) is 0 Å². The van der Waals surface area contributed by atoms with Gasteiger partial charge in [-0.05, 0) is 64.7 Å². The summed E-state index contributed by atoms with van der Waals surface area (Å²) in [6, 6.07) is 57.4. The Hall–Kier alpha value is -7.31. The van der Waals surface area contributed by atoms with E-state index in [0.717, 1.165) is 65.9 Å². The highest BCUT2D eigenvalue weighted by Gasteiger charge is 2.22. The molecule has 6 heteroatoms. The molecular weight excluding hydrogens is 651 g/mol. The van der Waals surface area contributed by atoms with E-state index in [1.165, 1.54) is 27.1 Å². The van der Waals surface area contributed by atoms with E-state index in [-0.39, 0.29) is 0 Å². The van der Waals surface area contributed by atoms with Crippen molar-refractivity contribution in [1.29, 1.82) is 0 Å². The predicted molar refractivity (Wildman–Crippen MR) is 216 cm³/mol. The second kappa shape index (κ2) is 10.6. The lowest BCUT2D eigenvalue weighted by atomic mass is 10.0. The van der Waals surface area contributed by atoms with Gasteiger partial charge in [0.1, 0.15) is 11.2 Å². The Bertz CT molecular complexity index is 3460. The Morgan fingerprint density at radius 2 is 1.08 bits per heavy atom. The van der Waals surface area contributed by atoms with E-state index in [1.807, 2.05) is 54.6 Å². The molecule has 246 valence electrons. The lowest BCUT2D eigenvalue weighted by Gasteiger charge is -2.13. The molecule has 0 fully saturated rings. The van der Waals surface area contributed by atoms with Crippen molar-refractivity contribution in [3.05, 3.63) is 164 Å². The van der Waals surface area contributed by atoms with Gasteiger partial charge in [-0.25, -0.2) is 4.98 Å². The van der Waals surface area contributed by atoms with Crippen LogP contribution in [0.1, 0.15) is 0 Å². The first-order valence-electron chi connectivity index (χ1n) is 17.8. The summed E-state index contributed by atoms with van der Waals surface area (Å²) in [4.78, 5) is 15.7. The van der Waals surface area contributed by atoms with Gasteiger partial charge in [-0.3, -0.25) is 4.57 Å². The lowest BCUT2D eigenvalue weighted by molar-refractivity contribution is 0.669. The van der Waals surface area contributed by atoms with Gasteiger partial charge in [0.25, 0.3) is 0 Å². The van der Waals surface area contributed by atoms with Crippen LogP contribution in [0.3, 0.4) is 0 Å². The Morgan fingerprint density at radius 3 is 1.96 bits per heavy atom. The molecule has 0 N–H and O–H groups in total. The molecule has 6 nitrogen and oxygen atoms in total. The number of furan rings is 1. The van der Waals surface area contributed by atoms with Crippen LogP contribution < -0.4 is 0 Å². The maximum atomic E-state index is 6.31. The van der Waals surface area contributed by atoms with Crippen molar-refractivity contribution in [2.24, 2.45) is 0 Å². The third-order valence-electron chi connectivity index (χ3n) is 10.7. The highest BCUT2D eigenvalue weighted by atomic mass is 16.3. The van der Waals surface area contributed by atoms with Gasteiger partial charge in [-0.15, -0.1) is 0 Å². The molecule has 0 aliphatic rings. The summed E-state index contributed by atoms with van der Waals surface area (Å²) in [6.07, 6.45) is 0. The highest BCUT2D eigenvalue weighted by molar-refractivity contribution is 6.24. The molecule has 0 bridgehead atoms. The van der Waals surface area contributed by atoms with Gasteiger partial charge in [0.15, 0.2) is 11.6 Å². The molecule has 12 aromatic rings. The standard InChI is InChI=1S/C47H27N5O/c1-2-11-29(12-3-1)45-48-46(32-22-23-34-33-16-6-9-20-41(33)53-42(34)27-32)50-47(49-45)52-38-18-8-7-17-37(38)51-40-26-31-14-5-4-13-30(31)25-36(40)35-24-21-28-15-10-19-39(52)43(28)44(35)51/h1-27H. The second-order valence-corrected chi connectivity index (χ2v) is 13.7.